The average Bonchev–Trinajstić information content (AvgIpc) is 3.40. The number of carbonyl (C=O) groups is 1. The maximum atomic E-state index is 12.9. The van der Waals surface area contributed by atoms with Gasteiger partial charge in [0.1, 0.15) is 0 Å². The molecule has 0 fully saturated rings. The second kappa shape index (κ2) is 8.60. The molecule has 0 saturated heterocycles. The Labute approximate surface area is 182 Å². The van der Waals surface area contributed by atoms with E-state index >= 15 is 0 Å². The van der Waals surface area contributed by atoms with E-state index < -0.39 is 0 Å². The maximum Gasteiger partial charge on any atom is 0.257 e. The number of nitrogens with one attached hydrogen (secondary N) is 1. The molecule has 0 atom stereocenters. The molecule has 6 heteroatoms. The number of hydrogen-bond donors (Lipinski definition) is 1. The van der Waals surface area contributed by atoms with Crippen LogP contribution >= 0.6 is 0 Å². The third-order valence-electron chi connectivity index (χ3n) is 5.65. The first-order chi connectivity index (χ1) is 15.0. The van der Waals surface area contributed by atoms with E-state index in [1.807, 2.05) is 59.0 Å². The molecule has 158 valence electrons. The van der Waals surface area contributed by atoms with Crippen LogP contribution in [-0.4, -0.2) is 25.2 Å². The van der Waals surface area contributed by atoms with Crippen molar-refractivity contribution in [3.8, 4) is 11.3 Å². The zero-order valence-electron chi connectivity index (χ0n) is 18.4. The van der Waals surface area contributed by atoms with Gasteiger partial charge in [0.2, 0.25) is 5.95 Å². The summed E-state index contributed by atoms with van der Waals surface area (Å²) in [5.41, 5.74) is 7.54. The second-order valence-corrected chi connectivity index (χ2v) is 7.83. The van der Waals surface area contributed by atoms with Gasteiger partial charge in [0.05, 0.1) is 18.4 Å². The molecular formula is C25H27N5O. The van der Waals surface area contributed by atoms with Gasteiger partial charge in [-0.1, -0.05) is 25.1 Å². The van der Waals surface area contributed by atoms with Crippen molar-refractivity contribution in [1.29, 1.82) is 0 Å². The van der Waals surface area contributed by atoms with E-state index in [4.69, 9.17) is 0 Å². The van der Waals surface area contributed by atoms with Crippen LogP contribution in [0.25, 0.3) is 11.3 Å². The fraction of sp³-hybridized carbons (Fsp3) is 0.240. The van der Waals surface area contributed by atoms with Crippen LogP contribution in [0.4, 0.5) is 5.95 Å². The van der Waals surface area contributed by atoms with Gasteiger partial charge >= 0.3 is 0 Å². The van der Waals surface area contributed by atoms with Crippen molar-refractivity contribution in [2.24, 2.45) is 7.05 Å². The van der Waals surface area contributed by atoms with Crippen LogP contribution in [0.1, 0.15) is 39.5 Å². The normalized spacial score (nSPS) is 11.0. The summed E-state index contributed by atoms with van der Waals surface area (Å²) in [6.07, 6.45) is 6.48. The monoisotopic (exact) mass is 413 g/mol. The number of rotatable bonds is 6. The lowest BCUT2D eigenvalue weighted by Crippen LogP contribution is -2.15. The zero-order chi connectivity index (χ0) is 22.0. The highest BCUT2D eigenvalue weighted by atomic mass is 16.1. The molecule has 0 spiro atoms. The van der Waals surface area contributed by atoms with E-state index in [0.717, 1.165) is 23.2 Å². The predicted octanol–water partition coefficient (Wildman–Crippen LogP) is 4.76. The van der Waals surface area contributed by atoms with E-state index in [1.54, 1.807) is 6.20 Å². The summed E-state index contributed by atoms with van der Waals surface area (Å²) in [7, 11) is 1.93. The first-order valence-electron chi connectivity index (χ1n) is 10.5. The van der Waals surface area contributed by atoms with Crippen molar-refractivity contribution >= 4 is 11.9 Å². The molecule has 0 aliphatic heterocycles. The van der Waals surface area contributed by atoms with E-state index in [9.17, 15) is 4.79 Å². The zero-order valence-corrected chi connectivity index (χ0v) is 18.4. The van der Waals surface area contributed by atoms with Gasteiger partial charge in [-0.05, 0) is 66.8 Å². The van der Waals surface area contributed by atoms with Crippen molar-refractivity contribution < 1.29 is 4.79 Å². The SMILES string of the molecule is CCc1cc(C)c(-c2cnc(NC(=O)c3cccc(Cn4cccn4)c3)n2C)cc1C. The van der Waals surface area contributed by atoms with Crippen LogP contribution in [0.3, 0.4) is 0 Å². The molecule has 1 N–H and O–H groups in total. The van der Waals surface area contributed by atoms with Gasteiger partial charge in [-0.25, -0.2) is 4.98 Å². The molecule has 0 unspecified atom stereocenters. The standard InChI is InChI=1S/C25H27N5O/c1-5-20-12-18(3)22(13-17(20)2)23-15-26-25(29(23)4)28-24(31)21-9-6-8-19(14-21)16-30-11-7-10-27-30/h6-15H,5,16H2,1-4H3,(H,26,28,31). The molecule has 0 radical (unpaired) electrons. The van der Waals surface area contributed by atoms with Crippen molar-refractivity contribution in [1.82, 2.24) is 19.3 Å². The topological polar surface area (TPSA) is 64.7 Å². The van der Waals surface area contributed by atoms with Gasteiger partial charge in [-0.15, -0.1) is 0 Å². The van der Waals surface area contributed by atoms with Crippen LogP contribution in [-0.2, 0) is 20.0 Å². The Morgan fingerprint density at radius 1 is 1.10 bits per heavy atom. The molecule has 4 rings (SSSR count). The molecule has 0 aliphatic rings. The van der Waals surface area contributed by atoms with Gasteiger partial charge in [0, 0.05) is 30.6 Å². The lowest BCUT2D eigenvalue weighted by molar-refractivity contribution is 0.102. The Hall–Kier alpha value is -3.67. The lowest BCUT2D eigenvalue weighted by atomic mass is 9.97. The van der Waals surface area contributed by atoms with Crippen LogP contribution in [0.2, 0.25) is 0 Å². The summed E-state index contributed by atoms with van der Waals surface area (Å²) in [6.45, 7) is 7.04. The predicted molar refractivity (Wildman–Crippen MR) is 123 cm³/mol. The quantitative estimate of drug-likeness (QED) is 0.495. The van der Waals surface area contributed by atoms with Crippen LogP contribution < -0.4 is 5.32 Å². The Morgan fingerprint density at radius 2 is 1.94 bits per heavy atom. The third kappa shape index (κ3) is 4.28. The summed E-state index contributed by atoms with van der Waals surface area (Å²) >= 11 is 0. The lowest BCUT2D eigenvalue weighted by Gasteiger charge is -2.13. The minimum atomic E-state index is -0.184. The molecule has 2 heterocycles. The molecular weight excluding hydrogens is 386 g/mol. The fourth-order valence-electron chi connectivity index (χ4n) is 3.87. The van der Waals surface area contributed by atoms with Gasteiger partial charge in [-0.3, -0.25) is 14.8 Å². The summed E-state index contributed by atoms with van der Waals surface area (Å²) in [5, 5.41) is 7.17. The van der Waals surface area contributed by atoms with Crippen molar-refractivity contribution in [3.05, 3.63) is 88.9 Å². The highest BCUT2D eigenvalue weighted by molar-refractivity contribution is 6.03. The molecule has 2 aromatic carbocycles. The number of aromatic nitrogens is 4. The Balaban J connectivity index is 1.55. The van der Waals surface area contributed by atoms with Crippen LogP contribution in [0.15, 0.2) is 61.1 Å². The molecule has 0 bridgehead atoms. The molecule has 4 aromatic rings. The van der Waals surface area contributed by atoms with E-state index in [2.05, 4.69) is 48.3 Å². The van der Waals surface area contributed by atoms with E-state index in [1.165, 1.54) is 16.7 Å². The van der Waals surface area contributed by atoms with Gasteiger partial charge in [0.15, 0.2) is 0 Å². The Bertz CT molecular complexity index is 1220. The fourth-order valence-corrected chi connectivity index (χ4v) is 3.87. The smallest absolute Gasteiger partial charge is 0.257 e. The second-order valence-electron chi connectivity index (χ2n) is 7.83. The molecule has 0 saturated carbocycles. The van der Waals surface area contributed by atoms with Gasteiger partial charge < -0.3 is 4.57 Å². The highest BCUT2D eigenvalue weighted by Crippen LogP contribution is 2.28. The average molecular weight is 414 g/mol. The first kappa shape index (κ1) is 20.6. The number of carbonyl (C=O) groups excluding carboxylic acids is 1. The van der Waals surface area contributed by atoms with E-state index in [0.29, 0.717) is 18.1 Å². The molecule has 2 aromatic heterocycles. The molecule has 0 aliphatic carbocycles. The summed E-state index contributed by atoms with van der Waals surface area (Å²) in [6, 6.07) is 13.9. The maximum absolute atomic E-state index is 12.9. The Morgan fingerprint density at radius 3 is 2.68 bits per heavy atom. The van der Waals surface area contributed by atoms with Crippen LogP contribution in [0.5, 0.6) is 0 Å². The van der Waals surface area contributed by atoms with Crippen molar-refractivity contribution in [3.63, 3.8) is 0 Å². The van der Waals surface area contributed by atoms with E-state index in [-0.39, 0.29) is 5.91 Å². The number of amides is 1. The Kier molecular flexibility index (Phi) is 5.71. The minimum Gasteiger partial charge on any atom is -0.313 e. The first-order valence-corrected chi connectivity index (χ1v) is 10.5. The summed E-state index contributed by atoms with van der Waals surface area (Å²) in [4.78, 5) is 17.4. The largest absolute Gasteiger partial charge is 0.313 e. The van der Waals surface area contributed by atoms with Crippen LogP contribution in [0, 0.1) is 13.8 Å². The van der Waals surface area contributed by atoms with Crippen molar-refractivity contribution in [2.45, 2.75) is 33.7 Å². The number of anilines is 1. The molecule has 1 amide bonds. The summed E-state index contributed by atoms with van der Waals surface area (Å²) in [5.74, 6) is 0.339. The molecule has 6 nitrogen and oxygen atoms in total. The minimum absolute atomic E-state index is 0.184. The summed E-state index contributed by atoms with van der Waals surface area (Å²) < 4.78 is 3.76. The number of aryl methyl sites for hydroxylation is 3. The number of nitrogens with zero attached hydrogens (tertiary/aromatic N) is 4. The number of imidazole rings is 1. The van der Waals surface area contributed by atoms with Crippen molar-refractivity contribution in [2.75, 3.05) is 5.32 Å². The van der Waals surface area contributed by atoms with Gasteiger partial charge in [0.25, 0.3) is 5.91 Å². The molecule has 31 heavy (non-hydrogen) atoms. The number of benzene rings is 2. The highest BCUT2D eigenvalue weighted by Gasteiger charge is 2.15. The third-order valence-corrected chi connectivity index (χ3v) is 5.65. The van der Waals surface area contributed by atoms with Gasteiger partial charge in [-0.2, -0.15) is 5.10 Å². The number of hydrogen-bond acceptors (Lipinski definition) is 3.